The minimum absolute atomic E-state index is 0.906. The molecule has 0 saturated carbocycles. The number of nitrogens with zero attached hydrogens (tertiary/aromatic N) is 3. The van der Waals surface area contributed by atoms with E-state index in [0.717, 1.165) is 72.5 Å². The first-order valence-electron chi connectivity index (χ1n) is 22.6. The van der Waals surface area contributed by atoms with Gasteiger partial charge in [-0.05, 0) is 136 Å². The normalized spacial score (nSPS) is 11.9. The number of furan rings is 1. The average molecular weight is 842 g/mol. The predicted molar refractivity (Wildman–Crippen MR) is 278 cm³/mol. The molecule has 4 nitrogen and oxygen atoms in total. The van der Waals surface area contributed by atoms with E-state index < -0.39 is 0 Å². The first-order valence-corrected chi connectivity index (χ1v) is 22.6. The van der Waals surface area contributed by atoms with Crippen molar-refractivity contribution in [2.75, 3.05) is 4.90 Å². The monoisotopic (exact) mass is 841 g/mol. The van der Waals surface area contributed by atoms with Crippen LogP contribution < -0.4 is 4.90 Å². The van der Waals surface area contributed by atoms with Gasteiger partial charge >= 0.3 is 0 Å². The molecule has 3 heterocycles. The summed E-state index contributed by atoms with van der Waals surface area (Å²) in [7, 11) is 0. The number of aromatic nitrogens is 2. The molecular formula is C62H39N3O. The molecule has 0 N–H and O–H groups in total. The van der Waals surface area contributed by atoms with Crippen LogP contribution in [0.4, 0.5) is 17.1 Å². The van der Waals surface area contributed by atoms with Gasteiger partial charge < -0.3 is 18.5 Å². The highest BCUT2D eigenvalue weighted by molar-refractivity contribution is 6.23. The van der Waals surface area contributed by atoms with E-state index in [-0.39, 0.29) is 0 Å². The standard InChI is InChI=1S/C62H39N3O/c1-3-17-45(18-4-1)64-56-24-11-9-22-50(56)51-31-30-49(38-58(51)64)63(48-29-26-40-14-7-8-15-41(40)34-48)47-21-13-16-42(35-47)43-27-32-57-54(36-43)55-37-44-28-33-61-62(52-23-10-12-25-60(52)66-61)53(44)39-59(55)65(57)46-19-5-2-6-20-46/h1-39H. The van der Waals surface area contributed by atoms with Gasteiger partial charge in [-0.2, -0.15) is 0 Å². The highest BCUT2D eigenvalue weighted by Crippen LogP contribution is 2.44. The zero-order valence-corrected chi connectivity index (χ0v) is 35.8. The fourth-order valence-electron chi connectivity index (χ4n) is 10.6. The topological polar surface area (TPSA) is 26.2 Å². The SMILES string of the molecule is c1ccc(-n2c3ccccc3c3ccc(N(c4cccc(-c5ccc6c(c5)c5cc7ccc8oc9ccccc9c8c7cc5n6-c5ccccc5)c4)c4ccc5ccccc5c4)cc32)cc1. The number of benzene rings is 11. The summed E-state index contributed by atoms with van der Waals surface area (Å²) in [6.45, 7) is 0. The summed E-state index contributed by atoms with van der Waals surface area (Å²) in [5.41, 5.74) is 14.3. The lowest BCUT2D eigenvalue weighted by atomic mass is 9.99. The Morgan fingerprint density at radius 3 is 1.73 bits per heavy atom. The van der Waals surface area contributed by atoms with E-state index in [9.17, 15) is 0 Å². The second kappa shape index (κ2) is 14.3. The molecule has 4 heteroatoms. The molecule has 0 aliphatic rings. The molecule has 0 spiro atoms. The molecule has 0 unspecified atom stereocenters. The van der Waals surface area contributed by atoms with Crippen LogP contribution in [0.25, 0.3) is 110 Å². The third kappa shape index (κ3) is 5.58. The number of anilines is 3. The number of rotatable bonds is 6. The van der Waals surface area contributed by atoms with E-state index in [0.29, 0.717) is 0 Å². The molecule has 308 valence electrons. The van der Waals surface area contributed by atoms with Gasteiger partial charge in [0.25, 0.3) is 0 Å². The van der Waals surface area contributed by atoms with Crippen molar-refractivity contribution in [3.63, 3.8) is 0 Å². The van der Waals surface area contributed by atoms with E-state index in [1.165, 1.54) is 54.1 Å². The van der Waals surface area contributed by atoms with Crippen LogP contribution in [0.5, 0.6) is 0 Å². The number of hydrogen-bond donors (Lipinski definition) is 0. The Kier molecular flexibility index (Phi) is 7.95. The predicted octanol–water partition coefficient (Wildman–Crippen LogP) is 17.2. The Bertz CT molecular complexity index is 4230. The lowest BCUT2D eigenvalue weighted by Gasteiger charge is -2.27. The van der Waals surface area contributed by atoms with Crippen LogP contribution in [0.15, 0.2) is 241 Å². The van der Waals surface area contributed by atoms with Crippen molar-refractivity contribution in [1.82, 2.24) is 9.13 Å². The zero-order valence-electron chi connectivity index (χ0n) is 35.8. The van der Waals surface area contributed by atoms with Gasteiger partial charge in [-0.25, -0.2) is 0 Å². The van der Waals surface area contributed by atoms with Gasteiger partial charge in [-0.3, -0.25) is 0 Å². The molecule has 0 aliphatic heterocycles. The third-order valence-electron chi connectivity index (χ3n) is 13.6. The van der Waals surface area contributed by atoms with Crippen LogP contribution in [-0.2, 0) is 0 Å². The largest absolute Gasteiger partial charge is 0.456 e. The lowest BCUT2D eigenvalue weighted by Crippen LogP contribution is -2.10. The molecule has 0 radical (unpaired) electrons. The minimum atomic E-state index is 0.906. The van der Waals surface area contributed by atoms with Gasteiger partial charge in [-0.1, -0.05) is 133 Å². The molecular weight excluding hydrogens is 803 g/mol. The molecule has 0 amide bonds. The first kappa shape index (κ1) is 36.6. The van der Waals surface area contributed by atoms with Crippen LogP contribution >= 0.6 is 0 Å². The molecule has 66 heavy (non-hydrogen) atoms. The van der Waals surface area contributed by atoms with Crippen molar-refractivity contribution in [1.29, 1.82) is 0 Å². The molecule has 0 saturated heterocycles. The number of fused-ring (bicyclic) bond motifs is 12. The quantitative estimate of drug-likeness (QED) is 0.167. The summed E-state index contributed by atoms with van der Waals surface area (Å²) < 4.78 is 11.2. The van der Waals surface area contributed by atoms with Crippen LogP contribution in [0, 0.1) is 0 Å². The van der Waals surface area contributed by atoms with Crippen LogP contribution in [0.2, 0.25) is 0 Å². The van der Waals surface area contributed by atoms with Gasteiger partial charge in [0.2, 0.25) is 0 Å². The second-order valence-corrected chi connectivity index (χ2v) is 17.3. The molecule has 0 aliphatic carbocycles. The molecule has 14 aromatic rings. The van der Waals surface area contributed by atoms with Crippen molar-refractivity contribution >= 4 is 104 Å². The fourth-order valence-corrected chi connectivity index (χ4v) is 10.6. The van der Waals surface area contributed by atoms with E-state index in [1.807, 2.05) is 6.07 Å². The van der Waals surface area contributed by atoms with E-state index in [4.69, 9.17) is 4.42 Å². The van der Waals surface area contributed by atoms with Gasteiger partial charge in [0.05, 0.1) is 22.1 Å². The van der Waals surface area contributed by atoms with Crippen molar-refractivity contribution < 1.29 is 4.42 Å². The van der Waals surface area contributed by atoms with Gasteiger partial charge in [0.15, 0.2) is 0 Å². The van der Waals surface area contributed by atoms with Crippen molar-refractivity contribution in [2.45, 2.75) is 0 Å². The van der Waals surface area contributed by atoms with E-state index in [2.05, 4.69) is 245 Å². The summed E-state index contributed by atoms with van der Waals surface area (Å²) in [6.07, 6.45) is 0. The maximum atomic E-state index is 6.36. The Balaban J connectivity index is 0.970. The Morgan fingerprint density at radius 1 is 0.288 bits per heavy atom. The molecule has 11 aromatic carbocycles. The fraction of sp³-hybridized carbons (Fsp3) is 0. The first-order chi connectivity index (χ1) is 32.7. The second-order valence-electron chi connectivity index (χ2n) is 17.3. The highest BCUT2D eigenvalue weighted by Gasteiger charge is 2.21. The smallest absolute Gasteiger partial charge is 0.136 e. The Morgan fingerprint density at radius 2 is 0.894 bits per heavy atom. The van der Waals surface area contributed by atoms with Crippen LogP contribution in [0.1, 0.15) is 0 Å². The van der Waals surface area contributed by atoms with Gasteiger partial charge in [0, 0.05) is 60.8 Å². The number of hydrogen-bond acceptors (Lipinski definition) is 2. The summed E-state index contributed by atoms with van der Waals surface area (Å²) in [5, 5.41) is 12.0. The van der Waals surface area contributed by atoms with E-state index >= 15 is 0 Å². The van der Waals surface area contributed by atoms with Crippen LogP contribution in [0.3, 0.4) is 0 Å². The Labute approximate surface area is 380 Å². The molecule has 14 rings (SSSR count). The van der Waals surface area contributed by atoms with Crippen LogP contribution in [-0.4, -0.2) is 9.13 Å². The summed E-state index contributed by atoms with van der Waals surface area (Å²) >= 11 is 0. The maximum Gasteiger partial charge on any atom is 0.136 e. The minimum Gasteiger partial charge on any atom is -0.456 e. The van der Waals surface area contributed by atoms with Gasteiger partial charge in [0.1, 0.15) is 11.2 Å². The van der Waals surface area contributed by atoms with Crippen molar-refractivity contribution in [3.8, 4) is 22.5 Å². The van der Waals surface area contributed by atoms with Gasteiger partial charge in [-0.15, -0.1) is 0 Å². The zero-order chi connectivity index (χ0) is 43.3. The third-order valence-corrected chi connectivity index (χ3v) is 13.6. The van der Waals surface area contributed by atoms with E-state index in [1.54, 1.807) is 0 Å². The summed E-state index contributed by atoms with van der Waals surface area (Å²) in [6, 6.07) is 85.9. The molecule has 3 aromatic heterocycles. The molecule has 0 fully saturated rings. The summed E-state index contributed by atoms with van der Waals surface area (Å²) in [4.78, 5) is 2.41. The molecule has 0 bridgehead atoms. The maximum absolute atomic E-state index is 6.36. The highest BCUT2D eigenvalue weighted by atomic mass is 16.3. The van der Waals surface area contributed by atoms with Crippen molar-refractivity contribution in [2.24, 2.45) is 0 Å². The lowest BCUT2D eigenvalue weighted by molar-refractivity contribution is 0.669. The average Bonchev–Trinajstić information content (AvgIpc) is 4.03. The van der Waals surface area contributed by atoms with Crippen molar-refractivity contribution in [3.05, 3.63) is 237 Å². The Hall–Kier alpha value is -8.86. The number of para-hydroxylation sites is 4. The summed E-state index contributed by atoms with van der Waals surface area (Å²) in [5.74, 6) is 0. The molecule has 0 atom stereocenters.